The Morgan fingerprint density at radius 3 is 2.38 bits per heavy atom. The first-order chi connectivity index (χ1) is 9.79. The summed E-state index contributed by atoms with van der Waals surface area (Å²) in [6.45, 7) is 1.62. The number of hydrogen-bond donors (Lipinski definition) is 2. The van der Waals surface area contributed by atoms with Gasteiger partial charge in [-0.15, -0.1) is 11.3 Å². The van der Waals surface area contributed by atoms with Crippen LogP contribution >= 0.6 is 11.3 Å². The van der Waals surface area contributed by atoms with Gasteiger partial charge in [-0.3, -0.25) is 0 Å². The van der Waals surface area contributed by atoms with Crippen LogP contribution in [0.4, 0.5) is 4.39 Å². The number of nitrogens with one attached hydrogen (secondary N) is 1. The highest BCUT2D eigenvalue weighted by molar-refractivity contribution is 7.91. The molecule has 0 radical (unpaired) electrons. The summed E-state index contributed by atoms with van der Waals surface area (Å²) in [5.41, 5.74) is 0.606. The van der Waals surface area contributed by atoms with E-state index >= 15 is 0 Å². The number of thiophene rings is 1. The Morgan fingerprint density at radius 1 is 1.24 bits per heavy atom. The summed E-state index contributed by atoms with van der Waals surface area (Å²) in [5, 5.41) is 8.81. The number of carbonyl (C=O) groups is 1. The molecule has 112 valence electrons. The van der Waals surface area contributed by atoms with Gasteiger partial charge in [-0.05, 0) is 36.8 Å². The Kier molecular flexibility index (Phi) is 4.40. The fourth-order valence-electron chi connectivity index (χ4n) is 1.69. The van der Waals surface area contributed by atoms with Crippen LogP contribution in [0.5, 0.6) is 0 Å². The predicted molar refractivity (Wildman–Crippen MR) is 76.4 cm³/mol. The van der Waals surface area contributed by atoms with Crippen LogP contribution in [-0.4, -0.2) is 19.5 Å². The van der Waals surface area contributed by atoms with Gasteiger partial charge in [-0.25, -0.2) is 22.3 Å². The van der Waals surface area contributed by atoms with Crippen molar-refractivity contribution in [3.63, 3.8) is 0 Å². The number of rotatable bonds is 5. The summed E-state index contributed by atoms with van der Waals surface area (Å²) in [6, 6.07) is 7.38. The van der Waals surface area contributed by atoms with E-state index in [9.17, 15) is 17.6 Å². The zero-order chi connectivity index (χ0) is 15.6. The molecule has 0 saturated carbocycles. The Bertz CT molecular complexity index is 753. The minimum atomic E-state index is -3.82. The van der Waals surface area contributed by atoms with Crippen LogP contribution in [0.15, 0.2) is 40.6 Å². The van der Waals surface area contributed by atoms with Gasteiger partial charge in [0, 0.05) is 6.04 Å². The quantitative estimate of drug-likeness (QED) is 0.883. The number of aromatic carboxylic acids is 1. The summed E-state index contributed by atoms with van der Waals surface area (Å²) in [7, 11) is -3.82. The van der Waals surface area contributed by atoms with Gasteiger partial charge in [0.1, 0.15) is 14.9 Å². The number of hydrogen-bond acceptors (Lipinski definition) is 4. The van der Waals surface area contributed by atoms with E-state index in [0.717, 1.165) is 0 Å². The third kappa shape index (κ3) is 3.66. The molecule has 2 N–H and O–H groups in total. The van der Waals surface area contributed by atoms with Gasteiger partial charge in [-0.1, -0.05) is 12.1 Å². The second kappa shape index (κ2) is 5.92. The van der Waals surface area contributed by atoms with Gasteiger partial charge in [0.15, 0.2) is 0 Å². The van der Waals surface area contributed by atoms with Crippen molar-refractivity contribution in [2.24, 2.45) is 0 Å². The number of halogens is 1. The molecule has 0 aliphatic heterocycles. The van der Waals surface area contributed by atoms with Crippen LogP contribution in [-0.2, 0) is 10.0 Å². The Labute approximate surface area is 125 Å². The third-order valence-electron chi connectivity index (χ3n) is 2.76. The van der Waals surface area contributed by atoms with Crippen LogP contribution < -0.4 is 4.72 Å². The normalized spacial score (nSPS) is 13.0. The molecule has 1 heterocycles. The van der Waals surface area contributed by atoms with Crippen LogP contribution in [0.3, 0.4) is 0 Å². The zero-order valence-corrected chi connectivity index (χ0v) is 12.5. The van der Waals surface area contributed by atoms with Gasteiger partial charge in [0.05, 0.1) is 0 Å². The van der Waals surface area contributed by atoms with Gasteiger partial charge in [-0.2, -0.15) is 0 Å². The third-order valence-corrected chi connectivity index (χ3v) is 5.86. The van der Waals surface area contributed by atoms with Crippen molar-refractivity contribution in [2.45, 2.75) is 17.2 Å². The highest BCUT2D eigenvalue weighted by atomic mass is 32.2. The molecule has 8 heteroatoms. The van der Waals surface area contributed by atoms with E-state index in [1.807, 2.05) is 0 Å². The molecule has 0 fully saturated rings. The van der Waals surface area contributed by atoms with Gasteiger partial charge < -0.3 is 5.11 Å². The fraction of sp³-hybridized carbons (Fsp3) is 0.154. The molecule has 2 aromatic rings. The molecular formula is C13H12FNO4S2. The van der Waals surface area contributed by atoms with Crippen molar-refractivity contribution in [3.05, 3.63) is 52.7 Å². The monoisotopic (exact) mass is 329 g/mol. The SMILES string of the molecule is CC(NS(=O)(=O)c1ccc(C(=O)O)s1)c1ccc(F)cc1. The fourth-order valence-corrected chi connectivity index (χ4v) is 4.08. The molecule has 2 rings (SSSR count). The Balaban J connectivity index is 2.20. The summed E-state index contributed by atoms with van der Waals surface area (Å²) in [4.78, 5) is 10.7. The molecule has 1 aromatic heterocycles. The molecule has 0 bridgehead atoms. The molecule has 1 atom stereocenters. The molecule has 0 saturated heterocycles. The van der Waals surface area contributed by atoms with Gasteiger partial charge in [0.25, 0.3) is 10.0 Å². The topological polar surface area (TPSA) is 83.5 Å². The lowest BCUT2D eigenvalue weighted by Gasteiger charge is -2.13. The molecule has 21 heavy (non-hydrogen) atoms. The van der Waals surface area contributed by atoms with Crippen molar-refractivity contribution < 1.29 is 22.7 Å². The van der Waals surface area contributed by atoms with E-state index < -0.39 is 27.9 Å². The molecule has 0 spiro atoms. The summed E-state index contributed by atoms with van der Waals surface area (Å²) < 4.78 is 39.5. The van der Waals surface area contributed by atoms with Crippen LogP contribution in [0.2, 0.25) is 0 Å². The van der Waals surface area contributed by atoms with E-state index in [1.165, 1.54) is 36.4 Å². The summed E-state index contributed by atoms with van der Waals surface area (Å²) in [6.07, 6.45) is 0. The predicted octanol–water partition coefficient (Wildman–Crippen LogP) is 2.62. The molecule has 0 amide bonds. The van der Waals surface area contributed by atoms with E-state index in [2.05, 4.69) is 4.72 Å². The number of carboxylic acids is 1. The summed E-state index contributed by atoms with van der Waals surface area (Å²) in [5.74, 6) is -1.58. The largest absolute Gasteiger partial charge is 0.477 e. The van der Waals surface area contributed by atoms with E-state index in [1.54, 1.807) is 6.92 Å². The lowest BCUT2D eigenvalue weighted by molar-refractivity contribution is 0.0702. The minimum Gasteiger partial charge on any atom is -0.477 e. The van der Waals surface area contributed by atoms with Crippen molar-refractivity contribution in [1.29, 1.82) is 0 Å². The molecule has 1 aromatic carbocycles. The maximum Gasteiger partial charge on any atom is 0.345 e. The number of benzene rings is 1. The molecule has 0 aliphatic carbocycles. The average Bonchev–Trinajstić information content (AvgIpc) is 2.89. The molecule has 5 nitrogen and oxygen atoms in total. The van der Waals surface area contributed by atoms with E-state index in [4.69, 9.17) is 5.11 Å². The lowest BCUT2D eigenvalue weighted by atomic mass is 10.1. The molecular weight excluding hydrogens is 317 g/mol. The smallest absolute Gasteiger partial charge is 0.345 e. The zero-order valence-electron chi connectivity index (χ0n) is 10.9. The maximum atomic E-state index is 12.8. The Morgan fingerprint density at radius 2 is 1.86 bits per heavy atom. The number of carboxylic acid groups (broad SMARTS) is 1. The van der Waals surface area contributed by atoms with Gasteiger partial charge >= 0.3 is 5.97 Å². The lowest BCUT2D eigenvalue weighted by Crippen LogP contribution is -2.26. The number of sulfonamides is 1. The van der Waals surface area contributed by atoms with Crippen molar-refractivity contribution in [2.75, 3.05) is 0 Å². The van der Waals surface area contributed by atoms with Crippen molar-refractivity contribution in [3.8, 4) is 0 Å². The second-order valence-corrected chi connectivity index (χ2v) is 7.34. The van der Waals surface area contributed by atoms with Crippen LogP contribution in [0, 0.1) is 5.82 Å². The minimum absolute atomic E-state index is 0.0511. The van der Waals surface area contributed by atoms with Crippen LogP contribution in [0.1, 0.15) is 28.2 Å². The first kappa shape index (κ1) is 15.6. The first-order valence-electron chi connectivity index (χ1n) is 5.90. The first-order valence-corrected chi connectivity index (χ1v) is 8.20. The van der Waals surface area contributed by atoms with Gasteiger partial charge in [0.2, 0.25) is 0 Å². The summed E-state index contributed by atoms with van der Waals surface area (Å²) >= 11 is 0.678. The van der Waals surface area contributed by atoms with Crippen LogP contribution in [0.25, 0.3) is 0 Å². The standard InChI is InChI=1S/C13H12FNO4S2/c1-8(9-2-4-10(14)5-3-9)15-21(18,19)12-7-6-11(20-12)13(16)17/h2-8,15H,1H3,(H,16,17). The highest BCUT2D eigenvalue weighted by Crippen LogP contribution is 2.23. The van der Waals surface area contributed by atoms with E-state index in [-0.39, 0.29) is 9.09 Å². The molecule has 1 unspecified atom stereocenters. The molecule has 0 aliphatic rings. The Hall–Kier alpha value is -1.77. The highest BCUT2D eigenvalue weighted by Gasteiger charge is 2.21. The average molecular weight is 329 g/mol. The second-order valence-electron chi connectivity index (χ2n) is 4.32. The van der Waals surface area contributed by atoms with E-state index in [0.29, 0.717) is 16.9 Å². The maximum absolute atomic E-state index is 12.8. The van der Waals surface area contributed by atoms with Crippen molar-refractivity contribution in [1.82, 2.24) is 4.72 Å². The van der Waals surface area contributed by atoms with Crippen molar-refractivity contribution >= 4 is 27.3 Å².